The Bertz CT molecular complexity index is 2460. The summed E-state index contributed by atoms with van der Waals surface area (Å²) in [4.78, 5) is 126. The van der Waals surface area contributed by atoms with E-state index in [-0.39, 0.29) is 62.0 Å². The van der Waals surface area contributed by atoms with Crippen molar-refractivity contribution in [2.45, 2.75) is 188 Å². The first-order valence-electron chi connectivity index (χ1n) is 29.5. The number of benzene rings is 2. The summed E-state index contributed by atoms with van der Waals surface area (Å²) in [6, 6.07) is 9.10. The van der Waals surface area contributed by atoms with E-state index in [0.29, 0.717) is 49.0 Å². The number of amides is 10. The molecule has 2 aromatic rings. The second kappa shape index (κ2) is 34.8. The summed E-state index contributed by atoms with van der Waals surface area (Å²) in [5.41, 5.74) is 6.79. The Hall–Kier alpha value is -6.85. The van der Waals surface area contributed by atoms with Crippen molar-refractivity contribution >= 4 is 59.2 Å². The molecule has 12 atom stereocenters. The highest BCUT2D eigenvalue weighted by Gasteiger charge is 2.44. The Kier molecular flexibility index (Phi) is 29.6. The number of aliphatic hydroxyl groups excluding tert-OH is 1. The van der Waals surface area contributed by atoms with E-state index in [1.165, 1.54) is 26.2 Å². The van der Waals surface area contributed by atoms with Crippen LogP contribution in [0.3, 0.4) is 0 Å². The van der Waals surface area contributed by atoms with Crippen molar-refractivity contribution < 1.29 is 62.5 Å². The van der Waals surface area contributed by atoms with Crippen molar-refractivity contribution in [3.8, 4) is 0 Å². The molecule has 23 nitrogen and oxygen atoms in total. The molecule has 0 aliphatic carbocycles. The quantitative estimate of drug-likeness (QED) is 0.0437. The van der Waals surface area contributed by atoms with Gasteiger partial charge in [0.05, 0.1) is 48.8 Å². The van der Waals surface area contributed by atoms with Gasteiger partial charge in [-0.15, -0.1) is 0 Å². The van der Waals surface area contributed by atoms with Crippen molar-refractivity contribution in [2.75, 3.05) is 46.7 Å². The molecule has 9 N–H and O–H groups in total. The lowest BCUT2D eigenvalue weighted by molar-refractivity contribution is -0.148. The zero-order valence-corrected chi connectivity index (χ0v) is 52.2. The first kappa shape index (κ1) is 71.4. The van der Waals surface area contributed by atoms with Crippen molar-refractivity contribution in [1.82, 2.24) is 41.3 Å². The molecule has 1 heterocycles. The molecule has 3 rings (SSSR count). The number of rotatable bonds is 33. The fourth-order valence-corrected chi connectivity index (χ4v) is 10.7. The molecule has 0 spiro atoms. The summed E-state index contributed by atoms with van der Waals surface area (Å²) in [7, 11) is 6.10. The zero-order valence-electron chi connectivity index (χ0n) is 52.2. The molecule has 1 saturated heterocycles. The van der Waals surface area contributed by atoms with Gasteiger partial charge in [-0.05, 0) is 79.5 Å². The molecule has 1 aliphatic heterocycles. The molecular formula is C61H98N10O13. The number of carbonyl (C=O) groups is 9. The monoisotopic (exact) mass is 1180 g/mol. The predicted octanol–water partition coefficient (Wildman–Crippen LogP) is 5.00. The van der Waals surface area contributed by atoms with Crippen LogP contribution in [-0.2, 0) is 54.4 Å². The first-order chi connectivity index (χ1) is 39.6. The van der Waals surface area contributed by atoms with Gasteiger partial charge in [0.15, 0.2) is 0 Å². The van der Waals surface area contributed by atoms with E-state index in [1.54, 1.807) is 116 Å². The molecule has 0 unspecified atom stereocenters. The Labute approximate surface area is 497 Å². The summed E-state index contributed by atoms with van der Waals surface area (Å²) in [6.07, 6.45) is -0.720. The van der Waals surface area contributed by atoms with Crippen LogP contribution in [0.4, 0.5) is 15.3 Å². The maximum absolute atomic E-state index is 14.8. The van der Waals surface area contributed by atoms with E-state index in [1.807, 2.05) is 32.0 Å². The lowest BCUT2D eigenvalue weighted by Crippen LogP contribution is -2.60. The van der Waals surface area contributed by atoms with Crippen LogP contribution in [-0.4, -0.2) is 169 Å². The smallest absolute Gasteiger partial charge is 0.410 e. The van der Waals surface area contributed by atoms with E-state index in [4.69, 9.17) is 19.9 Å². The zero-order chi connectivity index (χ0) is 63.1. The molecule has 0 saturated carbocycles. The van der Waals surface area contributed by atoms with Gasteiger partial charge >= 0.3 is 12.1 Å². The lowest BCUT2D eigenvalue weighted by atomic mass is 9.89. The Balaban J connectivity index is 1.71. The number of nitrogens with zero attached hydrogens (tertiary/aromatic N) is 3. The van der Waals surface area contributed by atoms with E-state index >= 15 is 0 Å². The number of methoxy groups -OCH3 is 2. The largest absolute Gasteiger partial charge is 0.445 e. The number of nitrogens with two attached hydrogens (primary N) is 1. The van der Waals surface area contributed by atoms with Crippen LogP contribution in [0.5, 0.6) is 0 Å². The van der Waals surface area contributed by atoms with E-state index < -0.39 is 114 Å². The van der Waals surface area contributed by atoms with Crippen LogP contribution in [0.25, 0.3) is 0 Å². The number of likely N-dealkylation sites (tertiary alicyclic amines) is 1. The minimum absolute atomic E-state index is 0.0812. The second-order valence-corrected chi connectivity index (χ2v) is 23.2. The van der Waals surface area contributed by atoms with E-state index in [2.05, 4.69) is 31.9 Å². The average molecular weight is 1180 g/mol. The molecule has 10 amide bonds. The number of hydrogen-bond acceptors (Lipinski definition) is 13. The number of likely N-dealkylation sites (N-methyl/N-ethyl adjacent to an activating group) is 2. The predicted molar refractivity (Wildman–Crippen MR) is 319 cm³/mol. The summed E-state index contributed by atoms with van der Waals surface area (Å²) in [6.45, 7) is 20.2. The van der Waals surface area contributed by atoms with Gasteiger partial charge in [-0.3, -0.25) is 38.5 Å². The number of urea groups is 1. The van der Waals surface area contributed by atoms with Gasteiger partial charge in [-0.25, -0.2) is 9.59 Å². The maximum atomic E-state index is 14.8. The standard InChI is InChI=1S/C61H98N10O13/c1-16-38(9)52(46(82-14)33-48(73)71-32-22-26-45(71)54(83-15)39(10)55(75)64-40(11)53(74)42-23-19-18-20-24-42)69(12)59(79)50(36(5)6)68-58(78)51(37(7)8)70(13)61(81)84-34-41-27-29-43(30-28-41)65-56(76)44(25-21-31-63-60(62)80)66-57(77)49(35(3)4)67-47(72)17-2/h18-20,23-24,27-30,35-40,44-46,49-54,74H,16-17,21-22,25-26,31-34H2,1-15H3,(H,64,75)(H,65,76)(H,66,77)(H,67,72)(H,68,78)(H3,62,63,80)/t38-,39+,40+,44-,45-,46+,49-,50-,51-,52-,53+,54+/m0/s1. The third-order valence-corrected chi connectivity index (χ3v) is 15.9. The highest BCUT2D eigenvalue weighted by Crippen LogP contribution is 2.30. The Morgan fingerprint density at radius 3 is 1.92 bits per heavy atom. The van der Waals surface area contributed by atoms with Crippen molar-refractivity contribution in [1.29, 1.82) is 0 Å². The van der Waals surface area contributed by atoms with Gasteiger partial charge in [-0.1, -0.05) is 118 Å². The first-order valence-corrected chi connectivity index (χ1v) is 29.5. The number of hydrogen-bond donors (Lipinski definition) is 8. The molecule has 2 aromatic carbocycles. The third-order valence-electron chi connectivity index (χ3n) is 15.9. The normalized spacial score (nSPS) is 17.2. The highest BCUT2D eigenvalue weighted by atomic mass is 16.6. The number of carbonyl (C=O) groups excluding carboxylic acids is 9. The number of aliphatic hydroxyl groups is 1. The van der Waals surface area contributed by atoms with Crippen molar-refractivity contribution in [3.63, 3.8) is 0 Å². The minimum atomic E-state index is -1.06. The molecule has 0 aromatic heterocycles. The van der Waals surface area contributed by atoms with Crippen LogP contribution in [0.1, 0.15) is 138 Å². The van der Waals surface area contributed by atoms with Crippen molar-refractivity contribution in [2.24, 2.45) is 35.3 Å². The molecule has 1 fully saturated rings. The van der Waals surface area contributed by atoms with Crippen LogP contribution < -0.4 is 37.6 Å². The lowest BCUT2D eigenvalue weighted by Gasteiger charge is -2.41. The second-order valence-electron chi connectivity index (χ2n) is 23.2. The molecule has 23 heteroatoms. The minimum Gasteiger partial charge on any atom is -0.445 e. The van der Waals surface area contributed by atoms with Gasteiger partial charge in [0.2, 0.25) is 41.4 Å². The number of nitrogens with one attached hydrogen (secondary N) is 6. The average Bonchev–Trinajstić information content (AvgIpc) is 3.96. The highest BCUT2D eigenvalue weighted by molar-refractivity contribution is 5.98. The SMILES string of the molecule is CCC(=O)N[C@H](C(=O)N[C@@H](CCCNC(N)=O)C(=O)Nc1ccc(COC(=O)N(C)[C@H](C(=O)N[C@H](C(=O)N(C)[C@@H]([C@@H](C)CC)[C@@H](CC(=O)N2CCC[C@H]2[C@H](OC)[C@@H](C)C(=O)N[C@H](C)[C@@H](O)c2ccccc2)OC)C(C)C)C(C)C)cc1)C(C)C. The Morgan fingerprint density at radius 1 is 0.738 bits per heavy atom. The van der Waals surface area contributed by atoms with Gasteiger partial charge in [0, 0.05) is 53.5 Å². The van der Waals surface area contributed by atoms with Gasteiger partial charge in [0.25, 0.3) is 0 Å². The topological polar surface area (TPSA) is 309 Å². The summed E-state index contributed by atoms with van der Waals surface area (Å²) in [5, 5.41) is 27.5. The summed E-state index contributed by atoms with van der Waals surface area (Å²) in [5.74, 6) is -4.90. The van der Waals surface area contributed by atoms with Gasteiger partial charge in [0.1, 0.15) is 30.8 Å². The van der Waals surface area contributed by atoms with Crippen LogP contribution in [0, 0.1) is 29.6 Å². The maximum Gasteiger partial charge on any atom is 0.410 e. The summed E-state index contributed by atoms with van der Waals surface area (Å²) >= 11 is 0. The van der Waals surface area contributed by atoms with Crippen LogP contribution in [0.2, 0.25) is 0 Å². The van der Waals surface area contributed by atoms with Gasteiger partial charge < -0.3 is 66.8 Å². The Morgan fingerprint density at radius 2 is 1.37 bits per heavy atom. The van der Waals surface area contributed by atoms with E-state index in [0.717, 1.165) is 0 Å². The molecule has 0 radical (unpaired) electrons. The fraction of sp³-hybridized carbons (Fsp3) is 0.656. The fourth-order valence-electron chi connectivity index (χ4n) is 10.7. The summed E-state index contributed by atoms with van der Waals surface area (Å²) < 4.78 is 17.7. The number of ether oxygens (including phenoxy) is 3. The van der Waals surface area contributed by atoms with Crippen LogP contribution in [0.15, 0.2) is 54.6 Å². The van der Waals surface area contributed by atoms with E-state index in [9.17, 15) is 48.3 Å². The molecule has 470 valence electrons. The molecule has 1 aliphatic rings. The number of anilines is 1. The molecule has 0 bridgehead atoms. The van der Waals surface area contributed by atoms with Gasteiger partial charge in [-0.2, -0.15) is 0 Å². The molecular weight excluding hydrogens is 1080 g/mol. The number of primary amides is 1. The third kappa shape index (κ3) is 20.7. The van der Waals surface area contributed by atoms with Crippen LogP contribution >= 0.6 is 0 Å². The van der Waals surface area contributed by atoms with Crippen molar-refractivity contribution in [3.05, 3.63) is 65.7 Å². The molecule has 84 heavy (non-hydrogen) atoms.